The molecule has 0 bridgehead atoms. The van der Waals surface area contributed by atoms with Crippen LogP contribution < -0.4 is 0 Å². The fourth-order valence-electron chi connectivity index (χ4n) is 2.61. The van der Waals surface area contributed by atoms with Crippen molar-refractivity contribution >= 4 is 17.9 Å². The van der Waals surface area contributed by atoms with Crippen molar-refractivity contribution in [1.82, 2.24) is 9.80 Å². The molecular weight excluding hydrogens is 290 g/mol. The third-order valence-corrected chi connectivity index (χ3v) is 3.98. The molecule has 120 valence electrons. The van der Waals surface area contributed by atoms with Crippen LogP contribution in [0, 0.1) is 18.3 Å². The molecule has 2 rings (SSSR count). The molecule has 0 spiro atoms. The van der Waals surface area contributed by atoms with Gasteiger partial charge in [0.1, 0.15) is 6.42 Å². The molecule has 1 aromatic carbocycles. The average molecular weight is 311 g/mol. The molecule has 0 unspecified atom stereocenters. The molecule has 1 heterocycles. The van der Waals surface area contributed by atoms with E-state index in [0.29, 0.717) is 26.2 Å². The van der Waals surface area contributed by atoms with Crippen LogP contribution in [0.4, 0.5) is 0 Å². The quantitative estimate of drug-likeness (QED) is 0.802. The van der Waals surface area contributed by atoms with Crippen LogP contribution in [0.15, 0.2) is 30.3 Å². The highest BCUT2D eigenvalue weighted by Gasteiger charge is 2.20. The molecule has 1 fully saturated rings. The summed E-state index contributed by atoms with van der Waals surface area (Å²) in [6.07, 6.45) is 4.07. The van der Waals surface area contributed by atoms with Crippen LogP contribution in [0.2, 0.25) is 0 Å². The smallest absolute Gasteiger partial charge is 0.246 e. The predicted molar refractivity (Wildman–Crippen MR) is 88.2 cm³/mol. The molecule has 23 heavy (non-hydrogen) atoms. The summed E-state index contributed by atoms with van der Waals surface area (Å²) in [7, 11) is 0. The second kappa shape index (κ2) is 8.14. The van der Waals surface area contributed by atoms with Gasteiger partial charge in [0.15, 0.2) is 0 Å². The Labute approximate surface area is 136 Å². The van der Waals surface area contributed by atoms with Gasteiger partial charge in [-0.1, -0.05) is 24.3 Å². The fraction of sp³-hybridized carbons (Fsp3) is 0.389. The van der Waals surface area contributed by atoms with Gasteiger partial charge in [0.05, 0.1) is 6.07 Å². The minimum absolute atomic E-state index is 0.0390. The summed E-state index contributed by atoms with van der Waals surface area (Å²) in [4.78, 5) is 27.5. The van der Waals surface area contributed by atoms with E-state index >= 15 is 0 Å². The number of amides is 2. The lowest BCUT2D eigenvalue weighted by Crippen LogP contribution is -2.36. The maximum atomic E-state index is 12.3. The number of hydrogen-bond donors (Lipinski definition) is 0. The molecule has 1 aliphatic heterocycles. The zero-order valence-electron chi connectivity index (χ0n) is 13.4. The number of aryl methyl sites for hydroxylation is 1. The molecule has 5 heteroatoms. The minimum Gasteiger partial charge on any atom is -0.340 e. The monoisotopic (exact) mass is 311 g/mol. The Balaban J connectivity index is 1.95. The molecule has 1 aliphatic rings. The van der Waals surface area contributed by atoms with E-state index in [1.165, 1.54) is 0 Å². The van der Waals surface area contributed by atoms with Crippen LogP contribution in [0.5, 0.6) is 0 Å². The Morgan fingerprint density at radius 2 is 1.87 bits per heavy atom. The van der Waals surface area contributed by atoms with Crippen molar-refractivity contribution < 1.29 is 9.59 Å². The van der Waals surface area contributed by atoms with E-state index in [-0.39, 0.29) is 18.2 Å². The highest BCUT2D eigenvalue weighted by Crippen LogP contribution is 2.10. The zero-order valence-corrected chi connectivity index (χ0v) is 13.4. The molecule has 0 aliphatic carbocycles. The van der Waals surface area contributed by atoms with E-state index in [0.717, 1.165) is 17.5 Å². The molecule has 0 saturated carbocycles. The second-order valence-corrected chi connectivity index (χ2v) is 5.58. The Hall–Kier alpha value is -2.61. The van der Waals surface area contributed by atoms with Gasteiger partial charge >= 0.3 is 0 Å². The van der Waals surface area contributed by atoms with E-state index < -0.39 is 0 Å². The van der Waals surface area contributed by atoms with E-state index in [2.05, 4.69) is 0 Å². The van der Waals surface area contributed by atoms with Gasteiger partial charge in [-0.2, -0.15) is 5.26 Å². The molecule has 0 N–H and O–H groups in total. The van der Waals surface area contributed by atoms with Crippen LogP contribution in [0.25, 0.3) is 6.08 Å². The SMILES string of the molecule is Cc1ccccc1/C=C/C(=O)N1CCCN(C(=O)CC#N)CC1. The van der Waals surface area contributed by atoms with Crippen LogP contribution in [-0.2, 0) is 9.59 Å². The molecule has 2 amide bonds. The number of hydrogen-bond acceptors (Lipinski definition) is 3. The van der Waals surface area contributed by atoms with E-state index in [9.17, 15) is 9.59 Å². The number of nitrogens with zero attached hydrogens (tertiary/aromatic N) is 3. The standard InChI is InChI=1S/C18H21N3O2/c1-15-5-2-3-6-16(15)7-8-17(22)20-11-4-12-21(14-13-20)18(23)9-10-19/h2-3,5-8H,4,9,11-14H2,1H3/b8-7+. The van der Waals surface area contributed by atoms with Crippen molar-refractivity contribution in [3.05, 3.63) is 41.5 Å². The summed E-state index contributed by atoms with van der Waals surface area (Å²) < 4.78 is 0. The summed E-state index contributed by atoms with van der Waals surface area (Å²) in [6, 6.07) is 9.78. The molecule has 5 nitrogen and oxygen atoms in total. The summed E-state index contributed by atoms with van der Waals surface area (Å²) in [6.45, 7) is 4.24. The molecule has 1 aromatic rings. The van der Waals surface area contributed by atoms with Crippen molar-refractivity contribution in [2.75, 3.05) is 26.2 Å². The Bertz CT molecular complexity index is 646. The Morgan fingerprint density at radius 1 is 1.17 bits per heavy atom. The van der Waals surface area contributed by atoms with Crippen molar-refractivity contribution in [1.29, 1.82) is 5.26 Å². The number of carbonyl (C=O) groups excluding carboxylic acids is 2. The molecule has 1 saturated heterocycles. The lowest BCUT2D eigenvalue weighted by atomic mass is 10.1. The van der Waals surface area contributed by atoms with E-state index in [1.807, 2.05) is 43.3 Å². The summed E-state index contributed by atoms with van der Waals surface area (Å²) in [5.74, 6) is -0.194. The molecule has 0 radical (unpaired) electrons. The summed E-state index contributed by atoms with van der Waals surface area (Å²) in [5, 5.41) is 8.61. The maximum Gasteiger partial charge on any atom is 0.246 e. The zero-order chi connectivity index (χ0) is 16.7. The van der Waals surface area contributed by atoms with Crippen LogP contribution >= 0.6 is 0 Å². The first-order valence-electron chi connectivity index (χ1n) is 7.79. The van der Waals surface area contributed by atoms with E-state index in [4.69, 9.17) is 5.26 Å². The van der Waals surface area contributed by atoms with Crippen LogP contribution in [0.1, 0.15) is 24.0 Å². The normalized spacial score (nSPS) is 15.3. The number of carbonyl (C=O) groups is 2. The van der Waals surface area contributed by atoms with Gasteiger partial charge in [-0.3, -0.25) is 9.59 Å². The Kier molecular flexibility index (Phi) is 5.93. The molecule has 0 aromatic heterocycles. The first-order valence-corrected chi connectivity index (χ1v) is 7.79. The van der Waals surface area contributed by atoms with E-state index in [1.54, 1.807) is 15.9 Å². The van der Waals surface area contributed by atoms with Gasteiger partial charge in [-0.25, -0.2) is 0 Å². The number of benzene rings is 1. The molecular formula is C18H21N3O2. The lowest BCUT2D eigenvalue weighted by Gasteiger charge is -2.20. The summed E-state index contributed by atoms with van der Waals surface area (Å²) in [5.41, 5.74) is 2.15. The first-order chi connectivity index (χ1) is 11.1. The van der Waals surface area contributed by atoms with Gasteiger partial charge in [0.25, 0.3) is 0 Å². The van der Waals surface area contributed by atoms with Crippen molar-refractivity contribution in [2.24, 2.45) is 0 Å². The highest BCUT2D eigenvalue weighted by atomic mass is 16.2. The first kappa shape index (κ1) is 16.8. The van der Waals surface area contributed by atoms with Crippen LogP contribution in [0.3, 0.4) is 0 Å². The highest BCUT2D eigenvalue weighted by molar-refractivity contribution is 5.92. The predicted octanol–water partition coefficient (Wildman–Crippen LogP) is 1.98. The van der Waals surface area contributed by atoms with Crippen molar-refractivity contribution in [3.8, 4) is 6.07 Å². The fourth-order valence-corrected chi connectivity index (χ4v) is 2.61. The third-order valence-electron chi connectivity index (χ3n) is 3.98. The van der Waals surface area contributed by atoms with Crippen LogP contribution in [-0.4, -0.2) is 47.8 Å². The average Bonchev–Trinajstić information content (AvgIpc) is 2.80. The topological polar surface area (TPSA) is 64.4 Å². The summed E-state index contributed by atoms with van der Waals surface area (Å²) >= 11 is 0. The van der Waals surface area contributed by atoms with Gasteiger partial charge < -0.3 is 9.80 Å². The second-order valence-electron chi connectivity index (χ2n) is 5.58. The van der Waals surface area contributed by atoms with Gasteiger partial charge in [-0.15, -0.1) is 0 Å². The van der Waals surface area contributed by atoms with Crippen molar-refractivity contribution in [2.45, 2.75) is 19.8 Å². The maximum absolute atomic E-state index is 12.3. The number of rotatable bonds is 3. The lowest BCUT2D eigenvalue weighted by molar-refractivity contribution is -0.131. The van der Waals surface area contributed by atoms with Crippen molar-refractivity contribution in [3.63, 3.8) is 0 Å². The van der Waals surface area contributed by atoms with Gasteiger partial charge in [0.2, 0.25) is 11.8 Å². The number of nitriles is 1. The van der Waals surface area contributed by atoms with Gasteiger partial charge in [0, 0.05) is 32.3 Å². The van der Waals surface area contributed by atoms with Gasteiger partial charge in [-0.05, 0) is 30.5 Å². The largest absolute Gasteiger partial charge is 0.340 e. The Morgan fingerprint density at radius 3 is 2.61 bits per heavy atom. The minimum atomic E-state index is -0.155. The molecule has 0 atom stereocenters. The third kappa shape index (κ3) is 4.68.